The summed E-state index contributed by atoms with van der Waals surface area (Å²) in [7, 11) is -3.44. The van der Waals surface area contributed by atoms with E-state index in [1.165, 1.54) is 0 Å². The topological polar surface area (TPSA) is 76.1 Å². The molecule has 0 saturated carbocycles. The highest BCUT2D eigenvalue weighted by atomic mass is 32.2. The number of para-hydroxylation sites is 1. The fourth-order valence-electron chi connectivity index (χ4n) is 3.20. The van der Waals surface area contributed by atoms with Gasteiger partial charge in [-0.05, 0) is 48.9 Å². The number of aromatic nitrogens is 1. The average molecular weight is 417 g/mol. The zero-order valence-corrected chi connectivity index (χ0v) is 17.2. The van der Waals surface area contributed by atoms with Gasteiger partial charge in [-0.25, -0.2) is 8.42 Å². The van der Waals surface area contributed by atoms with Crippen LogP contribution in [0.3, 0.4) is 0 Å². The number of rotatable bonds is 5. The predicted octanol–water partition coefficient (Wildman–Crippen LogP) is 4.77. The molecule has 0 saturated heterocycles. The zero-order chi connectivity index (χ0) is 21.1. The van der Waals surface area contributed by atoms with Crippen molar-refractivity contribution in [3.05, 3.63) is 102 Å². The van der Waals surface area contributed by atoms with Gasteiger partial charge in [0.1, 0.15) is 0 Å². The van der Waals surface area contributed by atoms with Gasteiger partial charge in [0, 0.05) is 17.1 Å². The van der Waals surface area contributed by atoms with Crippen molar-refractivity contribution in [3.8, 4) is 0 Å². The first kappa shape index (κ1) is 19.8. The maximum Gasteiger partial charge on any atom is 0.255 e. The van der Waals surface area contributed by atoms with Crippen LogP contribution in [0.1, 0.15) is 21.5 Å². The molecule has 4 aromatic rings. The van der Waals surface area contributed by atoms with E-state index < -0.39 is 9.84 Å². The molecule has 0 spiro atoms. The van der Waals surface area contributed by atoms with Gasteiger partial charge in [0.15, 0.2) is 9.84 Å². The molecule has 30 heavy (non-hydrogen) atoms. The molecule has 0 aliphatic carbocycles. The summed E-state index contributed by atoms with van der Waals surface area (Å²) in [5, 5.41) is 3.82. The number of pyridine rings is 1. The number of sulfone groups is 1. The Morgan fingerprint density at radius 2 is 1.60 bits per heavy atom. The van der Waals surface area contributed by atoms with Gasteiger partial charge in [-0.1, -0.05) is 48.0 Å². The first-order chi connectivity index (χ1) is 14.4. The summed E-state index contributed by atoms with van der Waals surface area (Å²) in [6.45, 7) is 1.91. The van der Waals surface area contributed by atoms with Crippen LogP contribution in [0.25, 0.3) is 10.9 Å². The Bertz CT molecular complexity index is 1310. The van der Waals surface area contributed by atoms with Gasteiger partial charge in [-0.2, -0.15) is 0 Å². The molecule has 4 rings (SSSR count). The summed E-state index contributed by atoms with van der Waals surface area (Å²) in [6, 6.07) is 22.8. The lowest BCUT2D eigenvalue weighted by Gasteiger charge is -2.09. The Balaban J connectivity index is 1.50. The summed E-state index contributed by atoms with van der Waals surface area (Å²) < 4.78 is 25.2. The fraction of sp³-hybridized carbons (Fsp3) is 0.0833. The molecule has 1 N–H and O–H groups in total. The number of amides is 1. The standard InChI is InChI=1S/C24H20N2O3S/c1-17-7-13-21(14-8-17)30(28,29)16-18-9-11-20(12-10-18)24(27)26-22-6-2-4-19-5-3-15-25-23(19)22/h2-15H,16H2,1H3,(H,26,27). The third-order valence-electron chi connectivity index (χ3n) is 4.83. The molecule has 1 amide bonds. The van der Waals surface area contributed by atoms with Crippen LogP contribution in [-0.2, 0) is 15.6 Å². The molecular formula is C24H20N2O3S. The van der Waals surface area contributed by atoms with Crippen LogP contribution in [0.4, 0.5) is 5.69 Å². The molecule has 0 aliphatic heterocycles. The van der Waals surface area contributed by atoms with E-state index in [1.807, 2.05) is 31.2 Å². The van der Waals surface area contributed by atoms with Crippen LogP contribution in [0, 0.1) is 6.92 Å². The van der Waals surface area contributed by atoms with Gasteiger partial charge in [0.05, 0.1) is 21.9 Å². The Hall–Kier alpha value is -3.51. The largest absolute Gasteiger partial charge is 0.320 e. The van der Waals surface area contributed by atoms with Gasteiger partial charge in [0.2, 0.25) is 0 Å². The van der Waals surface area contributed by atoms with Crippen LogP contribution in [0.2, 0.25) is 0 Å². The number of nitrogens with zero attached hydrogens (tertiary/aromatic N) is 1. The predicted molar refractivity (Wildman–Crippen MR) is 118 cm³/mol. The molecule has 1 heterocycles. The Morgan fingerprint density at radius 1 is 0.900 bits per heavy atom. The van der Waals surface area contributed by atoms with Gasteiger partial charge in [0.25, 0.3) is 5.91 Å². The number of nitrogens with one attached hydrogen (secondary N) is 1. The molecule has 1 aromatic heterocycles. The Kier molecular flexibility index (Phi) is 5.33. The molecule has 5 nitrogen and oxygen atoms in total. The quantitative estimate of drug-likeness (QED) is 0.508. The third-order valence-corrected chi connectivity index (χ3v) is 6.54. The number of carbonyl (C=O) groups excluding carboxylic acids is 1. The van der Waals surface area contributed by atoms with E-state index in [4.69, 9.17) is 0 Å². The minimum atomic E-state index is -3.44. The second-order valence-electron chi connectivity index (χ2n) is 7.10. The first-order valence-electron chi connectivity index (χ1n) is 9.46. The average Bonchev–Trinajstić information content (AvgIpc) is 2.74. The molecule has 0 radical (unpaired) electrons. The molecule has 0 atom stereocenters. The van der Waals surface area contributed by atoms with Gasteiger partial charge >= 0.3 is 0 Å². The van der Waals surface area contributed by atoms with Gasteiger partial charge < -0.3 is 5.32 Å². The van der Waals surface area contributed by atoms with E-state index in [2.05, 4.69) is 10.3 Å². The third kappa shape index (κ3) is 4.23. The molecular weight excluding hydrogens is 396 g/mol. The molecule has 0 aliphatic rings. The smallest absolute Gasteiger partial charge is 0.255 e. The van der Waals surface area contributed by atoms with Crippen LogP contribution < -0.4 is 5.32 Å². The molecule has 0 bridgehead atoms. The fourth-order valence-corrected chi connectivity index (χ4v) is 4.55. The summed E-state index contributed by atoms with van der Waals surface area (Å²) in [4.78, 5) is 17.3. The first-order valence-corrected chi connectivity index (χ1v) is 11.1. The number of carbonyl (C=O) groups is 1. The molecule has 3 aromatic carbocycles. The van der Waals surface area contributed by atoms with E-state index in [-0.39, 0.29) is 11.7 Å². The SMILES string of the molecule is Cc1ccc(S(=O)(=O)Cc2ccc(C(=O)Nc3cccc4cccnc34)cc2)cc1. The lowest BCUT2D eigenvalue weighted by atomic mass is 10.1. The number of fused-ring (bicyclic) bond motifs is 1. The van der Waals surface area contributed by atoms with Gasteiger partial charge in [-0.3, -0.25) is 9.78 Å². The van der Waals surface area contributed by atoms with Crippen molar-refractivity contribution in [2.75, 3.05) is 5.32 Å². The summed E-state index contributed by atoms with van der Waals surface area (Å²) in [5.74, 6) is -0.397. The molecule has 0 fully saturated rings. The van der Waals surface area contributed by atoms with Gasteiger partial charge in [-0.15, -0.1) is 0 Å². The minimum absolute atomic E-state index is 0.120. The van der Waals surface area contributed by atoms with E-state index in [9.17, 15) is 13.2 Å². The lowest BCUT2D eigenvalue weighted by Crippen LogP contribution is -2.12. The highest BCUT2D eigenvalue weighted by molar-refractivity contribution is 7.90. The number of anilines is 1. The van der Waals surface area contributed by atoms with Crippen LogP contribution in [-0.4, -0.2) is 19.3 Å². The summed E-state index contributed by atoms with van der Waals surface area (Å²) in [5.41, 5.74) is 3.42. The van der Waals surface area contributed by atoms with E-state index in [0.717, 1.165) is 10.9 Å². The van der Waals surface area contributed by atoms with E-state index >= 15 is 0 Å². The molecule has 150 valence electrons. The van der Waals surface area contributed by atoms with Crippen molar-refractivity contribution >= 4 is 32.3 Å². The Labute approximate surface area is 175 Å². The van der Waals surface area contributed by atoms with Crippen LogP contribution in [0.15, 0.2) is 90.0 Å². The zero-order valence-electron chi connectivity index (χ0n) is 16.4. The van der Waals surface area contributed by atoms with Crippen LogP contribution >= 0.6 is 0 Å². The second kappa shape index (κ2) is 8.08. The summed E-state index contributed by atoms with van der Waals surface area (Å²) in [6.07, 6.45) is 1.68. The monoisotopic (exact) mass is 416 g/mol. The van der Waals surface area contributed by atoms with E-state index in [1.54, 1.807) is 60.8 Å². The number of hydrogen-bond donors (Lipinski definition) is 1. The summed E-state index contributed by atoms with van der Waals surface area (Å²) >= 11 is 0. The normalized spacial score (nSPS) is 11.4. The lowest BCUT2D eigenvalue weighted by molar-refractivity contribution is 0.102. The molecule has 6 heteroatoms. The van der Waals surface area contributed by atoms with Crippen molar-refractivity contribution in [2.45, 2.75) is 17.6 Å². The highest BCUT2D eigenvalue weighted by Crippen LogP contribution is 2.22. The van der Waals surface area contributed by atoms with Crippen molar-refractivity contribution < 1.29 is 13.2 Å². The number of hydrogen-bond acceptors (Lipinski definition) is 4. The maximum atomic E-state index is 12.7. The number of aryl methyl sites for hydroxylation is 1. The van der Waals surface area contributed by atoms with Crippen molar-refractivity contribution in [2.24, 2.45) is 0 Å². The van der Waals surface area contributed by atoms with Crippen LogP contribution in [0.5, 0.6) is 0 Å². The van der Waals surface area contributed by atoms with E-state index in [0.29, 0.717) is 27.2 Å². The van der Waals surface area contributed by atoms with Crippen molar-refractivity contribution in [1.82, 2.24) is 4.98 Å². The Morgan fingerprint density at radius 3 is 2.33 bits per heavy atom. The van der Waals surface area contributed by atoms with Crippen molar-refractivity contribution in [3.63, 3.8) is 0 Å². The highest BCUT2D eigenvalue weighted by Gasteiger charge is 2.16. The number of benzene rings is 3. The maximum absolute atomic E-state index is 12.7. The second-order valence-corrected chi connectivity index (χ2v) is 9.09. The molecule has 0 unspecified atom stereocenters. The minimum Gasteiger partial charge on any atom is -0.320 e. The van der Waals surface area contributed by atoms with Crippen molar-refractivity contribution in [1.29, 1.82) is 0 Å².